The minimum atomic E-state index is -1.53. The van der Waals surface area contributed by atoms with E-state index in [-0.39, 0.29) is 12.5 Å². The smallest absolute Gasteiger partial charge is 0.323 e. The van der Waals surface area contributed by atoms with Gasteiger partial charge in [-0.05, 0) is 36.1 Å². The van der Waals surface area contributed by atoms with Crippen LogP contribution < -0.4 is 15.4 Å². The first kappa shape index (κ1) is 22.8. The lowest BCUT2D eigenvalue weighted by Crippen LogP contribution is -2.54. The van der Waals surface area contributed by atoms with Gasteiger partial charge in [-0.1, -0.05) is 43.1 Å². The van der Waals surface area contributed by atoms with Crippen molar-refractivity contribution in [2.75, 3.05) is 13.7 Å². The molecule has 3 rings (SSSR count). The Hall–Kier alpha value is -3.86. The monoisotopic (exact) mass is 435 g/mol. The molecule has 0 radical (unpaired) electrons. The Bertz CT molecular complexity index is 1060. The van der Waals surface area contributed by atoms with Crippen LogP contribution in [0.3, 0.4) is 0 Å². The van der Waals surface area contributed by atoms with Gasteiger partial charge in [0.05, 0.1) is 13.7 Å². The maximum atomic E-state index is 12.9. The average molecular weight is 435 g/mol. The molecule has 1 fully saturated rings. The second-order valence-corrected chi connectivity index (χ2v) is 7.48. The third-order valence-electron chi connectivity index (χ3n) is 5.23. The average Bonchev–Trinajstić information content (AvgIpc) is 3.24. The predicted molar refractivity (Wildman–Crippen MR) is 118 cm³/mol. The number of carbonyl (C=O) groups excluding carboxylic acids is 4. The third kappa shape index (κ3) is 4.89. The molecule has 2 aliphatic heterocycles. The minimum Gasteiger partial charge on any atom is -0.497 e. The van der Waals surface area contributed by atoms with Crippen molar-refractivity contribution >= 4 is 24.1 Å². The van der Waals surface area contributed by atoms with Crippen LogP contribution in [0.25, 0.3) is 0 Å². The van der Waals surface area contributed by atoms with E-state index in [4.69, 9.17) is 4.74 Å². The van der Waals surface area contributed by atoms with Gasteiger partial charge < -0.3 is 15.0 Å². The standard InChI is InChI=1S/C24H25N3O5/c1-3-8-17(15-28)9-6-4-5-7-12-24(22(30)25-23(31)26-24)16-27-14-18-10-11-19(32-2)13-20(18)21(27)29/h4,6,8,10-11,13,15H,3,5,9,14,16H2,1-2H3,(H2,25,26,30,31)/b6-4-,17-8+/t24-/m1/s1. The maximum absolute atomic E-state index is 12.9. The number of amides is 4. The number of methoxy groups -OCH3 is 1. The zero-order valence-electron chi connectivity index (χ0n) is 18.1. The number of benzene rings is 1. The Labute approximate surface area is 186 Å². The first-order chi connectivity index (χ1) is 15.4. The van der Waals surface area contributed by atoms with Crippen molar-refractivity contribution in [1.29, 1.82) is 0 Å². The molecule has 1 aromatic rings. The Morgan fingerprint density at radius 3 is 2.75 bits per heavy atom. The Morgan fingerprint density at radius 1 is 1.28 bits per heavy atom. The summed E-state index contributed by atoms with van der Waals surface area (Å²) in [6, 6.07) is 4.59. The largest absolute Gasteiger partial charge is 0.497 e. The van der Waals surface area contributed by atoms with E-state index in [9.17, 15) is 19.2 Å². The fourth-order valence-electron chi connectivity index (χ4n) is 3.62. The number of urea groups is 1. The number of nitrogens with zero attached hydrogens (tertiary/aromatic N) is 1. The number of hydrogen-bond donors (Lipinski definition) is 2. The summed E-state index contributed by atoms with van der Waals surface area (Å²) in [7, 11) is 1.52. The zero-order chi connectivity index (χ0) is 23.1. The number of allylic oxidation sites excluding steroid dienone is 4. The van der Waals surface area contributed by atoms with Crippen molar-refractivity contribution in [3.63, 3.8) is 0 Å². The summed E-state index contributed by atoms with van der Waals surface area (Å²) in [5.41, 5.74) is 0.492. The molecule has 1 saturated heterocycles. The van der Waals surface area contributed by atoms with E-state index in [1.54, 1.807) is 18.2 Å². The van der Waals surface area contributed by atoms with Crippen LogP contribution >= 0.6 is 0 Å². The Balaban J connectivity index is 1.73. The van der Waals surface area contributed by atoms with Crippen molar-refractivity contribution in [3.8, 4) is 17.6 Å². The lowest BCUT2D eigenvalue weighted by molar-refractivity contribution is -0.122. The highest BCUT2D eigenvalue weighted by atomic mass is 16.5. The minimum absolute atomic E-state index is 0.0777. The molecule has 0 unspecified atom stereocenters. The molecule has 0 aliphatic carbocycles. The molecule has 0 aromatic heterocycles. The van der Waals surface area contributed by atoms with E-state index in [2.05, 4.69) is 22.5 Å². The second kappa shape index (κ2) is 9.96. The van der Waals surface area contributed by atoms with Crippen molar-refractivity contribution < 1.29 is 23.9 Å². The predicted octanol–water partition coefficient (Wildman–Crippen LogP) is 2.10. The molecule has 2 N–H and O–H groups in total. The Kier molecular flexibility index (Phi) is 7.11. The quantitative estimate of drug-likeness (QED) is 0.214. The highest BCUT2D eigenvalue weighted by Gasteiger charge is 2.48. The van der Waals surface area contributed by atoms with Gasteiger partial charge >= 0.3 is 6.03 Å². The number of fused-ring (bicyclic) bond motifs is 1. The van der Waals surface area contributed by atoms with Crippen LogP contribution in [0, 0.1) is 11.8 Å². The van der Waals surface area contributed by atoms with Gasteiger partial charge in [-0.2, -0.15) is 0 Å². The third-order valence-corrected chi connectivity index (χ3v) is 5.23. The van der Waals surface area contributed by atoms with E-state index in [0.29, 0.717) is 36.3 Å². The summed E-state index contributed by atoms with van der Waals surface area (Å²) in [6.07, 6.45) is 7.93. The molecule has 166 valence electrons. The fourth-order valence-corrected chi connectivity index (χ4v) is 3.62. The lowest BCUT2D eigenvalue weighted by atomic mass is 9.99. The number of nitrogens with one attached hydrogen (secondary N) is 2. The first-order valence-electron chi connectivity index (χ1n) is 10.3. The molecule has 2 aliphatic rings. The summed E-state index contributed by atoms with van der Waals surface area (Å²) in [5, 5.41) is 4.79. The Morgan fingerprint density at radius 2 is 2.09 bits per heavy atom. The van der Waals surface area contributed by atoms with Gasteiger partial charge in [0, 0.05) is 18.5 Å². The van der Waals surface area contributed by atoms with Gasteiger partial charge in [0.2, 0.25) is 0 Å². The fraction of sp³-hybridized carbons (Fsp3) is 0.333. The SMILES string of the molecule is CC/C=C(/C=O)C/C=C\CC#C[C@]1(CN2Cc3ccc(OC)cc3C2=O)NC(=O)NC1=O. The normalized spacial score (nSPS) is 20.0. The van der Waals surface area contributed by atoms with Crippen LogP contribution in [-0.2, 0) is 16.1 Å². The second-order valence-electron chi connectivity index (χ2n) is 7.48. The molecule has 0 spiro atoms. The summed E-state index contributed by atoms with van der Waals surface area (Å²) in [6.45, 7) is 2.19. The van der Waals surface area contributed by atoms with Gasteiger partial charge in [0.25, 0.3) is 11.8 Å². The molecule has 1 aromatic carbocycles. The molecule has 0 saturated carbocycles. The van der Waals surface area contributed by atoms with Crippen LogP contribution in [0.15, 0.2) is 42.0 Å². The summed E-state index contributed by atoms with van der Waals surface area (Å²) in [5.74, 6) is 5.47. The highest BCUT2D eigenvalue weighted by Crippen LogP contribution is 2.28. The van der Waals surface area contributed by atoms with Crippen molar-refractivity contribution in [2.45, 2.75) is 38.3 Å². The van der Waals surface area contributed by atoms with Crippen LogP contribution in [-0.4, -0.2) is 48.2 Å². The van der Waals surface area contributed by atoms with Crippen molar-refractivity contribution in [2.24, 2.45) is 0 Å². The van der Waals surface area contributed by atoms with E-state index in [0.717, 1.165) is 18.3 Å². The number of imide groups is 1. The number of ether oxygens (including phenoxy) is 1. The van der Waals surface area contributed by atoms with Crippen molar-refractivity contribution in [1.82, 2.24) is 15.5 Å². The van der Waals surface area contributed by atoms with Crippen LogP contribution in [0.4, 0.5) is 4.79 Å². The number of hydrogen-bond acceptors (Lipinski definition) is 5. The molecule has 8 nitrogen and oxygen atoms in total. The van der Waals surface area contributed by atoms with E-state index >= 15 is 0 Å². The molecule has 0 bridgehead atoms. The summed E-state index contributed by atoms with van der Waals surface area (Å²) in [4.78, 5) is 49.7. The molecule has 8 heteroatoms. The number of aldehydes is 1. The molecule has 32 heavy (non-hydrogen) atoms. The zero-order valence-corrected chi connectivity index (χ0v) is 18.1. The van der Waals surface area contributed by atoms with E-state index in [1.807, 2.05) is 25.1 Å². The van der Waals surface area contributed by atoms with Crippen LogP contribution in [0.2, 0.25) is 0 Å². The van der Waals surface area contributed by atoms with Crippen LogP contribution in [0.1, 0.15) is 42.1 Å². The first-order valence-corrected chi connectivity index (χ1v) is 10.3. The van der Waals surface area contributed by atoms with Crippen molar-refractivity contribution in [3.05, 3.63) is 53.1 Å². The van der Waals surface area contributed by atoms with E-state index < -0.39 is 17.5 Å². The number of carbonyl (C=O) groups is 4. The molecule has 1 atom stereocenters. The lowest BCUT2D eigenvalue weighted by Gasteiger charge is -2.26. The van der Waals surface area contributed by atoms with Gasteiger partial charge in [-0.15, -0.1) is 0 Å². The molecule has 2 heterocycles. The van der Waals surface area contributed by atoms with Gasteiger partial charge in [0.15, 0.2) is 5.54 Å². The van der Waals surface area contributed by atoms with Gasteiger partial charge in [-0.25, -0.2) is 4.79 Å². The van der Waals surface area contributed by atoms with Gasteiger partial charge in [-0.3, -0.25) is 19.7 Å². The highest BCUT2D eigenvalue weighted by molar-refractivity contribution is 6.10. The molecule has 4 amide bonds. The molecular formula is C24H25N3O5. The number of rotatable bonds is 8. The maximum Gasteiger partial charge on any atom is 0.323 e. The van der Waals surface area contributed by atoms with E-state index in [1.165, 1.54) is 12.0 Å². The topological polar surface area (TPSA) is 105 Å². The van der Waals surface area contributed by atoms with Gasteiger partial charge in [0.1, 0.15) is 12.0 Å². The summed E-state index contributed by atoms with van der Waals surface area (Å²) >= 11 is 0. The summed E-state index contributed by atoms with van der Waals surface area (Å²) < 4.78 is 5.18. The van der Waals surface area contributed by atoms with Crippen LogP contribution in [0.5, 0.6) is 5.75 Å². The molecular weight excluding hydrogens is 410 g/mol.